The third kappa shape index (κ3) is 9.11. The van der Waals surface area contributed by atoms with Gasteiger partial charge in [0.2, 0.25) is 0 Å². The Morgan fingerprint density at radius 2 is 1.69 bits per heavy atom. The molecule has 0 heterocycles. The molecule has 2 amide bonds. The quantitative estimate of drug-likeness (QED) is 0.208. The van der Waals surface area contributed by atoms with Gasteiger partial charge in [-0.25, -0.2) is 8.78 Å². The van der Waals surface area contributed by atoms with Crippen molar-refractivity contribution in [2.45, 2.75) is 77.5 Å². The van der Waals surface area contributed by atoms with Crippen LogP contribution in [0.15, 0.2) is 54.6 Å². The van der Waals surface area contributed by atoms with E-state index in [2.05, 4.69) is 10.6 Å². The van der Waals surface area contributed by atoms with Crippen molar-refractivity contribution in [1.82, 2.24) is 15.5 Å². The largest absolute Gasteiger partial charge is 0.497 e. The van der Waals surface area contributed by atoms with Crippen molar-refractivity contribution >= 4 is 11.8 Å². The number of halogens is 2. The van der Waals surface area contributed by atoms with Gasteiger partial charge in [-0.15, -0.1) is 0 Å². The van der Waals surface area contributed by atoms with Gasteiger partial charge >= 0.3 is 0 Å². The summed E-state index contributed by atoms with van der Waals surface area (Å²) in [4.78, 5) is 28.7. The van der Waals surface area contributed by atoms with Gasteiger partial charge in [0, 0.05) is 42.9 Å². The Kier molecular flexibility index (Phi) is 12.1. The minimum absolute atomic E-state index is 0.0000996. The van der Waals surface area contributed by atoms with Crippen LogP contribution in [0.5, 0.6) is 5.75 Å². The number of aryl methyl sites for hydroxylation is 2. The maximum atomic E-state index is 14.1. The predicted molar refractivity (Wildman–Crippen MR) is 172 cm³/mol. The standard InChI is InChI=1S/C36H45F2N3O4/c1-5-12-41(13-6-2)36(44)27-15-23(3)14-26(19-27)35(43)40-33(18-24-16-28(37)21-29(38)17-24)34(42)22-39-32-9-7-8-25-20-30(45-4)10-11-31(25)32/h10-11,14-17,19-21,32-34,39,42H,5-9,12-13,18,22H2,1-4H3,(H,40,43)/t32?,33-,34+/m0/s1. The first-order valence-corrected chi connectivity index (χ1v) is 15.9. The zero-order valence-electron chi connectivity index (χ0n) is 26.7. The smallest absolute Gasteiger partial charge is 0.253 e. The topological polar surface area (TPSA) is 90.9 Å². The third-order valence-corrected chi connectivity index (χ3v) is 8.26. The first-order valence-electron chi connectivity index (χ1n) is 15.9. The molecule has 1 aliphatic rings. The van der Waals surface area contributed by atoms with Crippen molar-refractivity contribution in [1.29, 1.82) is 0 Å². The molecule has 0 radical (unpaired) electrons. The Labute approximate surface area is 265 Å². The van der Waals surface area contributed by atoms with E-state index in [-0.39, 0.29) is 30.5 Å². The summed E-state index contributed by atoms with van der Waals surface area (Å²) in [6, 6.07) is 13.3. The SMILES string of the molecule is CCCN(CCC)C(=O)c1cc(C)cc(C(=O)N[C@@H](Cc2cc(F)cc(F)c2)[C@H](O)CNC2CCCc3cc(OC)ccc32)c1. The molecule has 0 bridgehead atoms. The zero-order valence-corrected chi connectivity index (χ0v) is 26.7. The Morgan fingerprint density at radius 1 is 1.00 bits per heavy atom. The lowest BCUT2D eigenvalue weighted by Gasteiger charge is -2.30. The summed E-state index contributed by atoms with van der Waals surface area (Å²) in [5.74, 6) is -1.30. The Morgan fingerprint density at radius 3 is 2.36 bits per heavy atom. The van der Waals surface area contributed by atoms with Gasteiger partial charge in [-0.2, -0.15) is 0 Å². The number of hydrogen-bond acceptors (Lipinski definition) is 5. The second kappa shape index (κ2) is 16.0. The third-order valence-electron chi connectivity index (χ3n) is 8.26. The van der Waals surface area contributed by atoms with Gasteiger partial charge in [0.1, 0.15) is 17.4 Å². The molecule has 0 aromatic heterocycles. The first-order chi connectivity index (χ1) is 21.6. The fourth-order valence-electron chi connectivity index (χ4n) is 6.13. The molecule has 0 fully saturated rings. The molecule has 3 N–H and O–H groups in total. The van der Waals surface area contributed by atoms with Gasteiger partial charge in [0.25, 0.3) is 11.8 Å². The van der Waals surface area contributed by atoms with Gasteiger partial charge in [0.15, 0.2) is 0 Å². The Bertz CT molecular complexity index is 1450. The van der Waals surface area contributed by atoms with Crippen molar-refractivity contribution in [3.8, 4) is 5.75 Å². The number of nitrogens with one attached hydrogen (secondary N) is 2. The number of nitrogens with zero attached hydrogens (tertiary/aromatic N) is 1. The lowest BCUT2D eigenvalue weighted by atomic mass is 9.87. The van der Waals surface area contributed by atoms with E-state index < -0.39 is 29.7 Å². The van der Waals surface area contributed by atoms with Crippen LogP contribution < -0.4 is 15.4 Å². The highest BCUT2D eigenvalue weighted by Gasteiger charge is 2.27. The summed E-state index contributed by atoms with van der Waals surface area (Å²) >= 11 is 0. The fourth-order valence-corrected chi connectivity index (χ4v) is 6.13. The number of hydrogen-bond donors (Lipinski definition) is 3. The summed E-state index contributed by atoms with van der Waals surface area (Å²) in [5, 5.41) is 17.8. The molecule has 3 aromatic rings. The Balaban J connectivity index is 1.55. The zero-order chi connectivity index (χ0) is 32.5. The minimum Gasteiger partial charge on any atom is -0.497 e. The molecule has 1 aliphatic carbocycles. The monoisotopic (exact) mass is 621 g/mol. The van der Waals surface area contributed by atoms with Crippen LogP contribution in [-0.4, -0.2) is 60.7 Å². The highest BCUT2D eigenvalue weighted by atomic mass is 19.1. The molecular weight excluding hydrogens is 576 g/mol. The Hall–Kier alpha value is -3.82. The van der Waals surface area contributed by atoms with Gasteiger partial charge < -0.3 is 25.4 Å². The van der Waals surface area contributed by atoms with Crippen molar-refractivity contribution in [2.24, 2.45) is 0 Å². The maximum absolute atomic E-state index is 14.1. The number of methoxy groups -OCH3 is 1. The van der Waals surface area contributed by atoms with E-state index >= 15 is 0 Å². The van der Waals surface area contributed by atoms with Crippen LogP contribution in [0.25, 0.3) is 0 Å². The van der Waals surface area contributed by atoms with Crippen LogP contribution in [0, 0.1) is 18.6 Å². The van der Waals surface area contributed by atoms with E-state index in [1.54, 1.807) is 30.2 Å². The number of ether oxygens (including phenoxy) is 1. The lowest BCUT2D eigenvalue weighted by Crippen LogP contribution is -2.49. The van der Waals surface area contributed by atoms with E-state index in [0.717, 1.165) is 55.0 Å². The number of carbonyl (C=O) groups excluding carboxylic acids is 2. The molecule has 0 aliphatic heterocycles. The summed E-state index contributed by atoms with van der Waals surface area (Å²) < 4.78 is 33.5. The number of carbonyl (C=O) groups is 2. The molecule has 1 unspecified atom stereocenters. The van der Waals surface area contributed by atoms with Crippen molar-refractivity contribution in [2.75, 3.05) is 26.7 Å². The number of aliphatic hydroxyl groups excluding tert-OH is 1. The van der Waals surface area contributed by atoms with E-state index in [4.69, 9.17) is 4.74 Å². The van der Waals surface area contributed by atoms with Crippen LogP contribution in [-0.2, 0) is 12.8 Å². The number of rotatable bonds is 14. The molecule has 4 rings (SSSR count). The average molecular weight is 622 g/mol. The minimum atomic E-state index is -1.08. The van der Waals surface area contributed by atoms with Gasteiger partial charge in [-0.1, -0.05) is 19.9 Å². The predicted octanol–water partition coefficient (Wildman–Crippen LogP) is 5.91. The highest BCUT2D eigenvalue weighted by Crippen LogP contribution is 2.32. The number of aliphatic hydroxyl groups is 1. The summed E-state index contributed by atoms with van der Waals surface area (Å²) in [6.45, 7) is 7.22. The van der Waals surface area contributed by atoms with Crippen molar-refractivity contribution in [3.63, 3.8) is 0 Å². The van der Waals surface area contributed by atoms with Crippen LogP contribution >= 0.6 is 0 Å². The van der Waals surface area contributed by atoms with E-state index in [9.17, 15) is 23.5 Å². The number of fused-ring (bicyclic) bond motifs is 1. The molecule has 3 aromatic carbocycles. The molecule has 7 nitrogen and oxygen atoms in total. The highest BCUT2D eigenvalue weighted by molar-refractivity contribution is 6.00. The summed E-state index contributed by atoms with van der Waals surface area (Å²) in [6.07, 6.45) is 3.34. The molecular formula is C36H45F2N3O4. The number of amides is 2. The van der Waals surface area contributed by atoms with Crippen molar-refractivity contribution in [3.05, 3.63) is 99.6 Å². The molecule has 3 atom stereocenters. The molecule has 45 heavy (non-hydrogen) atoms. The second-order valence-corrected chi connectivity index (χ2v) is 11.9. The van der Waals surface area contributed by atoms with E-state index in [1.165, 1.54) is 17.7 Å². The van der Waals surface area contributed by atoms with E-state index in [1.807, 2.05) is 39.0 Å². The normalized spacial score (nSPS) is 15.6. The van der Waals surface area contributed by atoms with Crippen LogP contribution in [0.3, 0.4) is 0 Å². The van der Waals surface area contributed by atoms with Crippen molar-refractivity contribution < 1.29 is 28.2 Å². The number of benzene rings is 3. The van der Waals surface area contributed by atoms with Gasteiger partial charge in [-0.3, -0.25) is 9.59 Å². The maximum Gasteiger partial charge on any atom is 0.253 e. The second-order valence-electron chi connectivity index (χ2n) is 11.9. The van der Waals surface area contributed by atoms with Gasteiger partial charge in [-0.05, 0) is 110 Å². The van der Waals surface area contributed by atoms with Crippen LogP contribution in [0.1, 0.15) is 88.5 Å². The summed E-state index contributed by atoms with van der Waals surface area (Å²) in [5.41, 5.74) is 4.07. The molecule has 242 valence electrons. The van der Waals surface area contributed by atoms with Crippen LogP contribution in [0.2, 0.25) is 0 Å². The summed E-state index contributed by atoms with van der Waals surface area (Å²) in [7, 11) is 1.64. The van der Waals surface area contributed by atoms with Crippen LogP contribution in [0.4, 0.5) is 8.78 Å². The first kappa shape index (κ1) is 34.1. The van der Waals surface area contributed by atoms with Gasteiger partial charge in [0.05, 0.1) is 19.3 Å². The molecule has 0 saturated carbocycles. The fraction of sp³-hybridized carbons (Fsp3) is 0.444. The lowest BCUT2D eigenvalue weighted by molar-refractivity contribution is 0.0755. The molecule has 9 heteroatoms. The molecule has 0 saturated heterocycles. The molecule has 0 spiro atoms. The van der Waals surface area contributed by atoms with E-state index in [0.29, 0.717) is 24.2 Å². The average Bonchev–Trinajstić information content (AvgIpc) is 3.01.